The smallest absolute Gasteiger partial charge is 0.271 e. The monoisotopic (exact) mass is 468 g/mol. The van der Waals surface area contributed by atoms with Gasteiger partial charge in [0.05, 0.1) is 29.2 Å². The summed E-state index contributed by atoms with van der Waals surface area (Å²) in [6, 6.07) is 8.45. The topological polar surface area (TPSA) is 124 Å². The normalized spacial score (nSPS) is 25.7. The van der Waals surface area contributed by atoms with Gasteiger partial charge in [-0.25, -0.2) is 4.98 Å². The lowest BCUT2D eigenvalue weighted by atomic mass is 9.58. The molecule has 6 rings (SSSR count). The van der Waals surface area contributed by atoms with Gasteiger partial charge in [0.15, 0.2) is 0 Å². The quantitative estimate of drug-likeness (QED) is 0.607. The summed E-state index contributed by atoms with van der Waals surface area (Å²) in [5.41, 5.74) is 2.95. The summed E-state index contributed by atoms with van der Waals surface area (Å²) in [7, 11) is 0. The summed E-state index contributed by atoms with van der Waals surface area (Å²) in [5.74, 6) is 2.14. The number of nitrogens with one attached hydrogen (secondary N) is 2. The molecule has 8 nitrogen and oxygen atoms in total. The summed E-state index contributed by atoms with van der Waals surface area (Å²) in [4.78, 5) is 22.1. The molecule has 3 fully saturated rings. The van der Waals surface area contributed by atoms with Gasteiger partial charge in [-0.2, -0.15) is 15.5 Å². The van der Waals surface area contributed by atoms with Crippen molar-refractivity contribution in [3.8, 4) is 23.8 Å². The molecule has 1 aliphatic heterocycles. The molecule has 0 radical (unpaired) electrons. The Morgan fingerprint density at radius 1 is 1.14 bits per heavy atom. The minimum Gasteiger partial charge on any atom is -0.438 e. The summed E-state index contributed by atoms with van der Waals surface area (Å²) in [6.45, 7) is 7.70. The summed E-state index contributed by atoms with van der Waals surface area (Å²) in [6.07, 6.45) is 6.04. The number of carbonyl (C=O) groups excluding carboxylic acids is 1. The Bertz CT molecular complexity index is 1300. The Balaban J connectivity index is 1.52. The summed E-state index contributed by atoms with van der Waals surface area (Å²) < 4.78 is 6.41. The fraction of sp³-hybridized carbons (Fsp3) is 0.444. The molecule has 2 aromatic rings. The SMILES string of the molecule is Cc1cc(/C=C/C#N)cc(C)c1Oc1nc(NC2CC(C#N)C3CC2C3)nc2c1C(C)(C)NC2=O. The first-order valence-corrected chi connectivity index (χ1v) is 12.0. The van der Waals surface area contributed by atoms with Crippen molar-refractivity contribution in [1.82, 2.24) is 15.3 Å². The molecular weight excluding hydrogens is 440 g/mol. The van der Waals surface area contributed by atoms with E-state index < -0.39 is 5.54 Å². The van der Waals surface area contributed by atoms with Gasteiger partial charge in [-0.3, -0.25) is 4.79 Å². The number of anilines is 1. The zero-order valence-electron chi connectivity index (χ0n) is 20.3. The molecule has 2 heterocycles. The van der Waals surface area contributed by atoms with Gasteiger partial charge in [-0.05, 0) is 93.7 Å². The van der Waals surface area contributed by atoms with Crippen LogP contribution in [-0.4, -0.2) is 21.9 Å². The van der Waals surface area contributed by atoms with Gasteiger partial charge in [0.25, 0.3) is 5.91 Å². The Kier molecular flexibility index (Phi) is 5.48. The molecule has 3 aliphatic carbocycles. The second-order valence-corrected chi connectivity index (χ2v) is 10.4. The van der Waals surface area contributed by atoms with E-state index in [2.05, 4.69) is 21.7 Å². The van der Waals surface area contributed by atoms with Crippen molar-refractivity contribution in [3.05, 3.63) is 46.2 Å². The van der Waals surface area contributed by atoms with Gasteiger partial charge >= 0.3 is 0 Å². The molecule has 1 aromatic heterocycles. The molecule has 3 saturated carbocycles. The number of allylic oxidation sites excluding steroid dienone is 1. The van der Waals surface area contributed by atoms with Crippen LogP contribution in [0.2, 0.25) is 0 Å². The molecule has 2 atom stereocenters. The van der Waals surface area contributed by atoms with E-state index in [1.165, 1.54) is 6.08 Å². The molecule has 8 heteroatoms. The Hall–Kier alpha value is -3.91. The maximum absolute atomic E-state index is 12.8. The van der Waals surface area contributed by atoms with Crippen LogP contribution in [0.25, 0.3) is 6.08 Å². The van der Waals surface area contributed by atoms with Crippen LogP contribution in [0.15, 0.2) is 18.2 Å². The number of nitrogens with zero attached hydrogens (tertiary/aromatic N) is 4. The van der Waals surface area contributed by atoms with Gasteiger partial charge in [-0.1, -0.05) is 0 Å². The molecule has 35 heavy (non-hydrogen) atoms. The second kappa shape index (κ2) is 8.39. The number of benzene rings is 1. The molecule has 1 amide bonds. The van der Waals surface area contributed by atoms with E-state index in [-0.39, 0.29) is 17.9 Å². The third kappa shape index (κ3) is 4.00. The predicted molar refractivity (Wildman–Crippen MR) is 131 cm³/mol. The van der Waals surface area contributed by atoms with E-state index in [4.69, 9.17) is 15.0 Å². The van der Waals surface area contributed by atoms with E-state index in [0.29, 0.717) is 40.7 Å². The number of hydrogen-bond acceptors (Lipinski definition) is 7. The Morgan fingerprint density at radius 2 is 1.86 bits per heavy atom. The third-order valence-corrected chi connectivity index (χ3v) is 7.51. The lowest BCUT2D eigenvalue weighted by molar-refractivity contribution is 0.0639. The highest BCUT2D eigenvalue weighted by atomic mass is 16.5. The van der Waals surface area contributed by atoms with Crippen LogP contribution in [0, 0.1) is 54.3 Å². The van der Waals surface area contributed by atoms with E-state index in [1.54, 1.807) is 6.08 Å². The zero-order valence-corrected chi connectivity index (χ0v) is 20.3. The average Bonchev–Trinajstić information content (AvgIpc) is 3.01. The summed E-state index contributed by atoms with van der Waals surface area (Å²) >= 11 is 0. The van der Waals surface area contributed by atoms with Crippen LogP contribution in [0.1, 0.15) is 65.9 Å². The molecule has 2 unspecified atom stereocenters. The molecule has 0 saturated heterocycles. The highest BCUT2D eigenvalue weighted by Gasteiger charge is 2.47. The molecule has 1 aromatic carbocycles. The minimum absolute atomic E-state index is 0.0452. The van der Waals surface area contributed by atoms with E-state index in [1.807, 2.05) is 45.9 Å². The van der Waals surface area contributed by atoms with Crippen LogP contribution in [0.3, 0.4) is 0 Å². The number of nitriles is 2. The van der Waals surface area contributed by atoms with Crippen LogP contribution < -0.4 is 15.4 Å². The van der Waals surface area contributed by atoms with E-state index in [0.717, 1.165) is 36.0 Å². The van der Waals surface area contributed by atoms with Gasteiger partial charge in [0, 0.05) is 12.1 Å². The number of fused-ring (bicyclic) bond motifs is 3. The summed E-state index contributed by atoms with van der Waals surface area (Å²) in [5, 5.41) is 24.8. The van der Waals surface area contributed by atoms with Gasteiger partial charge in [0.2, 0.25) is 11.8 Å². The van der Waals surface area contributed by atoms with Crippen LogP contribution in [0.5, 0.6) is 11.6 Å². The van der Waals surface area contributed by atoms with Gasteiger partial charge in [0.1, 0.15) is 11.4 Å². The number of hydrogen-bond donors (Lipinski definition) is 2. The third-order valence-electron chi connectivity index (χ3n) is 7.51. The molecule has 2 N–H and O–H groups in total. The van der Waals surface area contributed by atoms with Crippen molar-refractivity contribution in [1.29, 1.82) is 10.5 Å². The molecule has 178 valence electrons. The lowest BCUT2D eigenvalue weighted by Gasteiger charge is -2.49. The van der Waals surface area contributed by atoms with Crippen LogP contribution >= 0.6 is 0 Å². The Morgan fingerprint density at radius 3 is 2.51 bits per heavy atom. The van der Waals surface area contributed by atoms with Crippen molar-refractivity contribution in [2.75, 3.05) is 5.32 Å². The van der Waals surface area contributed by atoms with E-state index >= 15 is 0 Å². The average molecular weight is 469 g/mol. The van der Waals surface area contributed by atoms with Gasteiger partial charge in [-0.15, -0.1) is 0 Å². The number of carbonyl (C=O) groups is 1. The van der Waals surface area contributed by atoms with Crippen molar-refractivity contribution in [2.45, 2.75) is 58.5 Å². The minimum atomic E-state index is -0.685. The first-order valence-electron chi connectivity index (χ1n) is 12.0. The van der Waals surface area contributed by atoms with Crippen LogP contribution in [0.4, 0.5) is 5.95 Å². The van der Waals surface area contributed by atoms with Crippen LogP contribution in [-0.2, 0) is 5.54 Å². The van der Waals surface area contributed by atoms with E-state index in [9.17, 15) is 10.1 Å². The largest absolute Gasteiger partial charge is 0.438 e. The fourth-order valence-corrected chi connectivity index (χ4v) is 5.71. The molecule has 2 bridgehead atoms. The second-order valence-electron chi connectivity index (χ2n) is 10.4. The zero-order chi connectivity index (χ0) is 24.9. The fourth-order valence-electron chi connectivity index (χ4n) is 5.71. The maximum atomic E-state index is 12.8. The van der Waals surface area contributed by atoms with Crippen molar-refractivity contribution >= 4 is 17.9 Å². The first kappa shape index (κ1) is 22.9. The highest BCUT2D eigenvalue weighted by Crippen LogP contribution is 2.49. The standard InChI is InChI=1S/C27H28N6O2/c1-14-8-16(6-5-7-28)9-15(2)23(14)35-25-21-22(24(34)33-27(21,3)4)31-26(32-25)30-20-12-19(13-29)17-10-18(20)11-17/h5-6,8-9,17-20H,10-12H2,1-4H3,(H,33,34)(H,30,31,32)/b6-5+. The van der Waals surface area contributed by atoms with Crippen molar-refractivity contribution in [3.63, 3.8) is 0 Å². The van der Waals surface area contributed by atoms with Gasteiger partial charge < -0.3 is 15.4 Å². The number of aryl methyl sites for hydroxylation is 2. The molecular formula is C27H28N6O2. The molecule has 0 spiro atoms. The molecule has 4 aliphatic rings. The number of ether oxygens (including phenoxy) is 1. The first-order chi connectivity index (χ1) is 16.7. The number of amides is 1. The highest BCUT2D eigenvalue weighted by molar-refractivity contribution is 5.99. The number of rotatable bonds is 5. The Labute approximate surface area is 205 Å². The lowest BCUT2D eigenvalue weighted by Crippen LogP contribution is -2.48. The maximum Gasteiger partial charge on any atom is 0.271 e. The predicted octanol–water partition coefficient (Wildman–Crippen LogP) is 4.75. The van der Waals surface area contributed by atoms with Crippen molar-refractivity contribution in [2.24, 2.45) is 17.8 Å². The van der Waals surface area contributed by atoms with Crippen molar-refractivity contribution < 1.29 is 9.53 Å². The number of aromatic nitrogens is 2.